The van der Waals surface area contributed by atoms with Crippen LogP contribution in [0.4, 0.5) is 5.69 Å². The molecule has 1 aliphatic heterocycles. The molecule has 0 radical (unpaired) electrons. The number of anilines is 1. The van der Waals surface area contributed by atoms with Crippen molar-refractivity contribution in [3.05, 3.63) is 58.1 Å². The van der Waals surface area contributed by atoms with Crippen molar-refractivity contribution in [1.29, 1.82) is 0 Å². The minimum Gasteiger partial charge on any atom is -0.326 e. The third-order valence-electron chi connectivity index (χ3n) is 5.16. The largest absolute Gasteiger partial charge is 0.326 e. The average molecular weight is 421 g/mol. The van der Waals surface area contributed by atoms with Crippen molar-refractivity contribution in [1.82, 2.24) is 4.31 Å². The molecule has 150 valence electrons. The van der Waals surface area contributed by atoms with Gasteiger partial charge in [-0.1, -0.05) is 29.8 Å². The number of benzene rings is 2. The number of piperidine rings is 1. The molecule has 2 aromatic rings. The number of hydrogen-bond acceptors (Lipinski definition) is 3. The van der Waals surface area contributed by atoms with Gasteiger partial charge in [-0.05, 0) is 68.5 Å². The van der Waals surface area contributed by atoms with E-state index in [1.165, 1.54) is 4.31 Å². The van der Waals surface area contributed by atoms with Gasteiger partial charge in [-0.25, -0.2) is 8.42 Å². The number of hydrogen-bond donors (Lipinski definition) is 1. The second-order valence-electron chi connectivity index (χ2n) is 7.42. The van der Waals surface area contributed by atoms with Crippen LogP contribution in [-0.4, -0.2) is 31.7 Å². The molecule has 1 amide bonds. The fourth-order valence-corrected chi connectivity index (χ4v) is 5.43. The monoisotopic (exact) mass is 420 g/mol. The number of nitrogens with zero attached hydrogens (tertiary/aromatic N) is 1. The van der Waals surface area contributed by atoms with Crippen LogP contribution in [0.1, 0.15) is 29.5 Å². The van der Waals surface area contributed by atoms with Gasteiger partial charge in [0.1, 0.15) is 0 Å². The second-order valence-corrected chi connectivity index (χ2v) is 9.74. The van der Waals surface area contributed by atoms with Gasteiger partial charge in [-0.15, -0.1) is 0 Å². The highest BCUT2D eigenvalue weighted by Gasteiger charge is 2.34. The Morgan fingerprint density at radius 1 is 1.11 bits per heavy atom. The highest BCUT2D eigenvalue weighted by Crippen LogP contribution is 2.27. The Balaban J connectivity index is 1.76. The summed E-state index contributed by atoms with van der Waals surface area (Å²) in [6.45, 7) is 6.17. The molecule has 1 heterocycles. The van der Waals surface area contributed by atoms with Crippen molar-refractivity contribution < 1.29 is 13.2 Å². The molecule has 0 aliphatic carbocycles. The van der Waals surface area contributed by atoms with E-state index in [1.807, 2.05) is 32.0 Å². The van der Waals surface area contributed by atoms with Gasteiger partial charge < -0.3 is 5.32 Å². The summed E-state index contributed by atoms with van der Waals surface area (Å²) in [6.07, 6.45) is 1.31. The highest BCUT2D eigenvalue weighted by atomic mass is 35.5. The normalized spacial score (nSPS) is 18.1. The lowest BCUT2D eigenvalue weighted by Crippen LogP contribution is -2.43. The molecule has 1 aliphatic rings. The van der Waals surface area contributed by atoms with Crippen molar-refractivity contribution in [2.24, 2.45) is 5.92 Å². The summed E-state index contributed by atoms with van der Waals surface area (Å²) in [4.78, 5) is 13.0. The standard InChI is InChI=1S/C21H25ClN2O3S/c1-14-6-7-16(3)20(11-14)28(26,27)24-10-4-5-17(13-24)21(25)23-18-9-8-15(2)19(22)12-18/h6-9,11-12,17H,4-5,10,13H2,1-3H3,(H,23,25)/t17-/m0/s1. The van der Waals surface area contributed by atoms with E-state index in [4.69, 9.17) is 11.6 Å². The van der Waals surface area contributed by atoms with Crippen LogP contribution in [0, 0.1) is 26.7 Å². The van der Waals surface area contributed by atoms with Gasteiger partial charge in [0.2, 0.25) is 15.9 Å². The first-order valence-corrected chi connectivity index (χ1v) is 11.1. The van der Waals surface area contributed by atoms with Gasteiger partial charge in [0.05, 0.1) is 10.8 Å². The van der Waals surface area contributed by atoms with E-state index < -0.39 is 15.9 Å². The van der Waals surface area contributed by atoms with Crippen molar-refractivity contribution >= 4 is 33.2 Å². The van der Waals surface area contributed by atoms with E-state index in [0.29, 0.717) is 40.6 Å². The van der Waals surface area contributed by atoms with Crippen LogP contribution in [0.25, 0.3) is 0 Å². The molecule has 5 nitrogen and oxygen atoms in total. The zero-order valence-corrected chi connectivity index (χ0v) is 17.9. The SMILES string of the molecule is Cc1ccc(C)c(S(=O)(=O)N2CCC[C@H](C(=O)Nc3ccc(C)c(Cl)c3)C2)c1. The number of nitrogens with one attached hydrogen (secondary N) is 1. The molecule has 28 heavy (non-hydrogen) atoms. The zero-order chi connectivity index (χ0) is 20.5. The molecule has 1 N–H and O–H groups in total. The average Bonchev–Trinajstić information content (AvgIpc) is 2.66. The third-order valence-corrected chi connectivity index (χ3v) is 7.57. The van der Waals surface area contributed by atoms with Crippen LogP contribution in [0.15, 0.2) is 41.3 Å². The lowest BCUT2D eigenvalue weighted by atomic mass is 9.98. The lowest BCUT2D eigenvalue weighted by Gasteiger charge is -2.31. The Labute approximate surface area is 171 Å². The molecular formula is C21H25ClN2O3S. The fraction of sp³-hybridized carbons (Fsp3) is 0.381. The molecule has 0 bridgehead atoms. The van der Waals surface area contributed by atoms with Crippen molar-refractivity contribution in [2.45, 2.75) is 38.5 Å². The summed E-state index contributed by atoms with van der Waals surface area (Å²) in [5.74, 6) is -0.575. The van der Waals surface area contributed by atoms with Gasteiger partial charge in [-0.2, -0.15) is 4.31 Å². The molecule has 0 unspecified atom stereocenters. The predicted molar refractivity (Wildman–Crippen MR) is 112 cm³/mol. The van der Waals surface area contributed by atoms with Crippen LogP contribution in [0.5, 0.6) is 0 Å². The first kappa shape index (κ1) is 20.8. The van der Waals surface area contributed by atoms with Crippen molar-refractivity contribution in [2.75, 3.05) is 18.4 Å². The number of aryl methyl sites for hydroxylation is 3. The van der Waals surface area contributed by atoms with Crippen LogP contribution in [0.3, 0.4) is 0 Å². The van der Waals surface area contributed by atoms with E-state index in [9.17, 15) is 13.2 Å². The summed E-state index contributed by atoms with van der Waals surface area (Å²) in [5.41, 5.74) is 3.16. The molecule has 0 saturated carbocycles. The van der Waals surface area contributed by atoms with Crippen LogP contribution in [0.2, 0.25) is 5.02 Å². The first-order chi connectivity index (χ1) is 13.2. The summed E-state index contributed by atoms with van der Waals surface area (Å²) in [7, 11) is -3.63. The zero-order valence-electron chi connectivity index (χ0n) is 16.3. The topological polar surface area (TPSA) is 66.5 Å². The summed E-state index contributed by atoms with van der Waals surface area (Å²) < 4.78 is 27.7. The number of carbonyl (C=O) groups is 1. The Bertz CT molecular complexity index is 1000. The van der Waals surface area contributed by atoms with E-state index in [0.717, 1.165) is 11.1 Å². The van der Waals surface area contributed by atoms with Crippen LogP contribution >= 0.6 is 11.6 Å². The van der Waals surface area contributed by atoms with Gasteiger partial charge >= 0.3 is 0 Å². The maximum Gasteiger partial charge on any atom is 0.243 e. The lowest BCUT2D eigenvalue weighted by molar-refractivity contribution is -0.120. The van der Waals surface area contributed by atoms with Crippen molar-refractivity contribution in [3.8, 4) is 0 Å². The second kappa shape index (κ2) is 8.23. The number of halogens is 1. The predicted octanol–water partition coefficient (Wildman–Crippen LogP) is 4.30. The van der Waals surface area contributed by atoms with Crippen LogP contribution in [-0.2, 0) is 14.8 Å². The fourth-order valence-electron chi connectivity index (χ4n) is 3.41. The Kier molecular flexibility index (Phi) is 6.12. The van der Waals surface area contributed by atoms with E-state index in [2.05, 4.69) is 5.32 Å². The van der Waals surface area contributed by atoms with E-state index >= 15 is 0 Å². The molecular weight excluding hydrogens is 396 g/mol. The maximum atomic E-state index is 13.1. The molecule has 7 heteroatoms. The van der Waals surface area contributed by atoms with Crippen molar-refractivity contribution in [3.63, 3.8) is 0 Å². The maximum absolute atomic E-state index is 13.1. The molecule has 1 atom stereocenters. The minimum absolute atomic E-state index is 0.180. The van der Waals surface area contributed by atoms with Gasteiger partial charge in [0.15, 0.2) is 0 Å². The molecule has 1 saturated heterocycles. The van der Waals surface area contributed by atoms with E-state index in [1.54, 1.807) is 25.1 Å². The number of carbonyl (C=O) groups excluding carboxylic acids is 1. The first-order valence-electron chi connectivity index (χ1n) is 9.33. The Hall–Kier alpha value is -1.89. The quantitative estimate of drug-likeness (QED) is 0.801. The number of rotatable bonds is 4. The van der Waals surface area contributed by atoms with Gasteiger partial charge in [-0.3, -0.25) is 4.79 Å². The smallest absolute Gasteiger partial charge is 0.243 e. The summed E-state index contributed by atoms with van der Waals surface area (Å²) in [5, 5.41) is 3.45. The Morgan fingerprint density at radius 3 is 2.54 bits per heavy atom. The van der Waals surface area contributed by atoms with E-state index in [-0.39, 0.29) is 12.5 Å². The third kappa shape index (κ3) is 4.40. The number of amides is 1. The molecule has 1 fully saturated rings. The highest BCUT2D eigenvalue weighted by molar-refractivity contribution is 7.89. The van der Waals surface area contributed by atoms with Gasteiger partial charge in [0, 0.05) is 23.8 Å². The molecule has 0 aromatic heterocycles. The summed E-state index contributed by atoms with van der Waals surface area (Å²) in [6, 6.07) is 10.8. The Morgan fingerprint density at radius 2 is 1.82 bits per heavy atom. The molecule has 0 spiro atoms. The minimum atomic E-state index is -3.63. The molecule has 2 aromatic carbocycles. The number of sulfonamides is 1. The van der Waals surface area contributed by atoms with Crippen LogP contribution < -0.4 is 5.32 Å². The molecule has 3 rings (SSSR count). The van der Waals surface area contributed by atoms with Gasteiger partial charge in [0.25, 0.3) is 0 Å². The summed E-state index contributed by atoms with van der Waals surface area (Å²) >= 11 is 6.12.